The third kappa shape index (κ3) is 5.60. The van der Waals surface area contributed by atoms with Gasteiger partial charge in [0.1, 0.15) is 5.54 Å². The number of esters is 1. The van der Waals surface area contributed by atoms with Gasteiger partial charge in [0, 0.05) is 51.5 Å². The van der Waals surface area contributed by atoms with E-state index in [1.807, 2.05) is 43.4 Å². The van der Waals surface area contributed by atoms with Gasteiger partial charge in [-0.2, -0.15) is 0 Å². The number of hydrogen-bond donors (Lipinski definition) is 1. The molecule has 5 rings (SSSR count). The van der Waals surface area contributed by atoms with Crippen LogP contribution in [-0.2, 0) is 20.9 Å². The van der Waals surface area contributed by atoms with E-state index in [0.717, 1.165) is 24.3 Å². The van der Waals surface area contributed by atoms with Gasteiger partial charge in [-0.1, -0.05) is 30.3 Å². The number of hydrogen-bond acceptors (Lipinski definition) is 7. The second-order valence-corrected chi connectivity index (χ2v) is 10.7. The van der Waals surface area contributed by atoms with Crippen molar-refractivity contribution in [1.82, 2.24) is 19.6 Å². The second kappa shape index (κ2) is 11.5. The van der Waals surface area contributed by atoms with Crippen LogP contribution >= 0.6 is 0 Å². The van der Waals surface area contributed by atoms with Gasteiger partial charge in [0.05, 0.1) is 12.2 Å². The van der Waals surface area contributed by atoms with Crippen LogP contribution in [0.5, 0.6) is 0 Å². The molecule has 212 valence electrons. The molecule has 11 heteroatoms. The van der Waals surface area contributed by atoms with Crippen molar-refractivity contribution >= 4 is 29.6 Å². The number of nitrogens with zero attached hydrogens (tertiary/aromatic N) is 5. The molecule has 11 nitrogen and oxygen atoms in total. The van der Waals surface area contributed by atoms with Crippen LogP contribution in [0.25, 0.3) is 0 Å². The van der Waals surface area contributed by atoms with Crippen molar-refractivity contribution < 1.29 is 29.0 Å². The maximum Gasteiger partial charge on any atom is 0.407 e. The number of likely N-dealkylation sites (tertiary alicyclic amines) is 1. The van der Waals surface area contributed by atoms with Crippen LogP contribution in [-0.4, -0.2) is 114 Å². The number of rotatable bonds is 6. The number of anilines is 1. The van der Waals surface area contributed by atoms with Gasteiger partial charge in [0.2, 0.25) is 5.91 Å². The van der Waals surface area contributed by atoms with E-state index in [1.54, 1.807) is 28.0 Å². The number of piperidine rings is 1. The fraction of sp³-hybridized carbons (Fsp3) is 0.448. The number of para-hydroxylation sites is 1. The molecule has 3 heterocycles. The standard InChI is InChI=1S/C29H35N5O6/c1-30-14-16-31(17-15-30)25(35)20-40-26(36)23-7-5-6-22(18-23)19-33-21-34(24-8-3-2-4-9-24)29(27(33)37)10-12-32(13-11-29)28(38)39/h2-9,18H,10-17,19-21H2,1H3,(H,38,39). The normalized spacial score (nSPS) is 19.3. The lowest BCUT2D eigenvalue weighted by atomic mass is 9.85. The average Bonchev–Trinajstić information content (AvgIpc) is 3.23. The highest BCUT2D eigenvalue weighted by molar-refractivity contribution is 5.94. The summed E-state index contributed by atoms with van der Waals surface area (Å²) in [6.45, 7) is 3.70. The topological polar surface area (TPSA) is 114 Å². The van der Waals surface area contributed by atoms with E-state index in [1.165, 1.54) is 4.90 Å². The van der Waals surface area contributed by atoms with Crippen molar-refractivity contribution in [3.8, 4) is 0 Å². The number of amides is 3. The van der Waals surface area contributed by atoms with Gasteiger partial charge in [-0.05, 0) is 49.7 Å². The van der Waals surface area contributed by atoms with Crippen molar-refractivity contribution in [2.75, 3.05) is 64.5 Å². The van der Waals surface area contributed by atoms with E-state index in [-0.39, 0.29) is 38.1 Å². The smallest absolute Gasteiger partial charge is 0.407 e. The molecule has 0 bridgehead atoms. The van der Waals surface area contributed by atoms with Gasteiger partial charge in [0.25, 0.3) is 5.91 Å². The quantitative estimate of drug-likeness (QED) is 0.544. The van der Waals surface area contributed by atoms with E-state index >= 15 is 0 Å². The lowest BCUT2D eigenvalue weighted by Crippen LogP contribution is -2.57. The second-order valence-electron chi connectivity index (χ2n) is 10.7. The van der Waals surface area contributed by atoms with Crippen LogP contribution in [0.3, 0.4) is 0 Å². The summed E-state index contributed by atoms with van der Waals surface area (Å²) in [4.78, 5) is 59.7. The minimum Gasteiger partial charge on any atom is -0.465 e. The van der Waals surface area contributed by atoms with Crippen LogP contribution in [0.2, 0.25) is 0 Å². The molecule has 1 N–H and O–H groups in total. The van der Waals surface area contributed by atoms with Crippen molar-refractivity contribution in [1.29, 1.82) is 0 Å². The Morgan fingerprint density at radius 3 is 2.27 bits per heavy atom. The third-order valence-electron chi connectivity index (χ3n) is 8.16. The first-order chi connectivity index (χ1) is 19.3. The van der Waals surface area contributed by atoms with E-state index < -0.39 is 17.6 Å². The molecule has 2 aromatic carbocycles. The summed E-state index contributed by atoms with van der Waals surface area (Å²) in [6, 6.07) is 16.6. The van der Waals surface area contributed by atoms with Gasteiger partial charge in [0.15, 0.2) is 6.61 Å². The molecule has 3 aliphatic rings. The SMILES string of the molecule is CN1CCN(C(=O)COC(=O)c2cccc(CN3CN(c4ccccc4)C4(CCN(C(=O)O)CC4)C3=O)c2)CC1. The van der Waals surface area contributed by atoms with Gasteiger partial charge in [-0.25, -0.2) is 9.59 Å². The molecular weight excluding hydrogens is 514 g/mol. The van der Waals surface area contributed by atoms with Crippen LogP contribution in [0.15, 0.2) is 54.6 Å². The zero-order valence-electron chi connectivity index (χ0n) is 22.7. The Kier molecular flexibility index (Phi) is 7.92. The van der Waals surface area contributed by atoms with Gasteiger partial charge in [-0.15, -0.1) is 0 Å². The Bertz CT molecular complexity index is 1250. The lowest BCUT2D eigenvalue weighted by Gasteiger charge is -2.42. The number of carboxylic acid groups (broad SMARTS) is 1. The summed E-state index contributed by atoms with van der Waals surface area (Å²) < 4.78 is 5.33. The highest BCUT2D eigenvalue weighted by Crippen LogP contribution is 2.40. The monoisotopic (exact) mass is 549 g/mol. The fourth-order valence-electron chi connectivity index (χ4n) is 5.77. The Labute approximate surface area is 233 Å². The molecule has 0 saturated carbocycles. The highest BCUT2D eigenvalue weighted by atomic mass is 16.5. The molecule has 0 unspecified atom stereocenters. The molecule has 1 spiro atoms. The molecule has 0 radical (unpaired) electrons. The van der Waals surface area contributed by atoms with Crippen LogP contribution in [0.4, 0.5) is 10.5 Å². The predicted molar refractivity (Wildman–Crippen MR) is 147 cm³/mol. The van der Waals surface area contributed by atoms with Crippen LogP contribution in [0.1, 0.15) is 28.8 Å². The van der Waals surface area contributed by atoms with Crippen molar-refractivity contribution in [3.05, 3.63) is 65.7 Å². The first kappa shape index (κ1) is 27.4. The number of carbonyl (C=O) groups is 4. The summed E-state index contributed by atoms with van der Waals surface area (Å²) in [7, 11) is 2.01. The lowest BCUT2D eigenvalue weighted by molar-refractivity contribution is -0.136. The highest BCUT2D eigenvalue weighted by Gasteiger charge is 2.54. The van der Waals surface area contributed by atoms with Gasteiger partial charge in [-0.3, -0.25) is 9.59 Å². The number of benzene rings is 2. The maximum absolute atomic E-state index is 13.9. The van der Waals surface area contributed by atoms with Gasteiger partial charge >= 0.3 is 12.1 Å². The summed E-state index contributed by atoms with van der Waals surface area (Å²) in [6.07, 6.45) is -0.175. The Hall–Kier alpha value is -4.12. The summed E-state index contributed by atoms with van der Waals surface area (Å²) in [5.74, 6) is -0.840. The van der Waals surface area contributed by atoms with Crippen molar-refractivity contribution in [2.45, 2.75) is 24.9 Å². The third-order valence-corrected chi connectivity index (χ3v) is 8.16. The molecular formula is C29H35N5O6. The minimum atomic E-state index is -0.975. The summed E-state index contributed by atoms with van der Waals surface area (Å²) in [5.41, 5.74) is 1.17. The van der Waals surface area contributed by atoms with Crippen molar-refractivity contribution in [3.63, 3.8) is 0 Å². The largest absolute Gasteiger partial charge is 0.465 e. The minimum absolute atomic E-state index is 0.0489. The zero-order chi connectivity index (χ0) is 28.3. The molecule has 3 aliphatic heterocycles. The summed E-state index contributed by atoms with van der Waals surface area (Å²) in [5, 5.41) is 9.44. The molecule has 3 amide bonds. The van der Waals surface area contributed by atoms with E-state index in [2.05, 4.69) is 9.80 Å². The molecule has 0 aromatic heterocycles. The average molecular weight is 550 g/mol. The first-order valence-electron chi connectivity index (χ1n) is 13.6. The van der Waals surface area contributed by atoms with Crippen LogP contribution < -0.4 is 4.90 Å². The number of ether oxygens (including phenoxy) is 1. The molecule has 0 atom stereocenters. The van der Waals surface area contributed by atoms with E-state index in [4.69, 9.17) is 4.74 Å². The Morgan fingerprint density at radius 2 is 1.60 bits per heavy atom. The molecule has 3 saturated heterocycles. The molecule has 0 aliphatic carbocycles. The van der Waals surface area contributed by atoms with Crippen LogP contribution in [0, 0.1) is 0 Å². The van der Waals surface area contributed by atoms with Gasteiger partial charge < -0.3 is 34.3 Å². The molecule has 3 fully saturated rings. The Balaban J connectivity index is 1.26. The van der Waals surface area contributed by atoms with E-state index in [0.29, 0.717) is 38.2 Å². The van der Waals surface area contributed by atoms with Crippen molar-refractivity contribution in [2.24, 2.45) is 0 Å². The first-order valence-corrected chi connectivity index (χ1v) is 13.6. The number of carbonyl (C=O) groups excluding carboxylic acids is 3. The van der Waals surface area contributed by atoms with E-state index in [9.17, 15) is 24.3 Å². The predicted octanol–water partition coefficient (Wildman–Crippen LogP) is 1.94. The molecule has 2 aromatic rings. The summed E-state index contributed by atoms with van der Waals surface area (Å²) >= 11 is 0. The Morgan fingerprint density at radius 1 is 0.900 bits per heavy atom. The number of likely N-dealkylation sites (N-methyl/N-ethyl adjacent to an activating group) is 1. The maximum atomic E-state index is 13.9. The zero-order valence-corrected chi connectivity index (χ0v) is 22.7. The molecule has 40 heavy (non-hydrogen) atoms. The number of piperazine rings is 1. The fourth-order valence-corrected chi connectivity index (χ4v) is 5.77.